The average Bonchev–Trinajstić information content (AvgIpc) is 2.64. The molecule has 2 rings (SSSR count). The molecule has 2 aromatic rings. The van der Waals surface area contributed by atoms with Crippen molar-refractivity contribution in [3.05, 3.63) is 17.5 Å². The van der Waals surface area contributed by atoms with E-state index in [1.165, 1.54) is 22.6 Å². The summed E-state index contributed by atoms with van der Waals surface area (Å²) in [7, 11) is 1.70. The van der Waals surface area contributed by atoms with Crippen molar-refractivity contribution in [2.75, 3.05) is 0 Å². The van der Waals surface area contributed by atoms with Crippen LogP contribution in [-0.2, 0) is 7.05 Å². The minimum Gasteiger partial charge on any atom is -0.478 e. The normalized spacial score (nSPS) is 10.5. The largest absolute Gasteiger partial charge is 0.478 e. The molecule has 0 aromatic carbocycles. The SMILES string of the molecule is Cc1nc(Sc2nnnn2C)ncc1C(=O)O. The topological polar surface area (TPSA) is 107 Å². The lowest BCUT2D eigenvalue weighted by Crippen LogP contribution is -2.04. The Kier molecular flexibility index (Phi) is 3.00. The van der Waals surface area contributed by atoms with Crippen LogP contribution in [0.3, 0.4) is 0 Å². The quantitative estimate of drug-likeness (QED) is 0.770. The first-order valence-electron chi connectivity index (χ1n) is 4.55. The third kappa shape index (κ3) is 2.38. The highest BCUT2D eigenvalue weighted by molar-refractivity contribution is 7.99. The zero-order valence-corrected chi connectivity index (χ0v) is 9.84. The van der Waals surface area contributed by atoms with Gasteiger partial charge in [-0.05, 0) is 29.1 Å². The molecule has 0 amide bonds. The summed E-state index contributed by atoms with van der Waals surface area (Å²) in [5, 5.41) is 20.7. The zero-order valence-electron chi connectivity index (χ0n) is 9.02. The number of carboxylic acid groups (broad SMARTS) is 1. The summed E-state index contributed by atoms with van der Waals surface area (Å²) in [6.07, 6.45) is 1.27. The van der Waals surface area contributed by atoms with Gasteiger partial charge in [-0.1, -0.05) is 0 Å². The molecule has 0 fully saturated rings. The Morgan fingerprint density at radius 1 is 1.53 bits per heavy atom. The van der Waals surface area contributed by atoms with Gasteiger partial charge in [-0.3, -0.25) is 0 Å². The highest BCUT2D eigenvalue weighted by Gasteiger charge is 2.12. The Hall–Kier alpha value is -2.03. The van der Waals surface area contributed by atoms with Crippen molar-refractivity contribution in [3.63, 3.8) is 0 Å². The van der Waals surface area contributed by atoms with Crippen LogP contribution in [0.5, 0.6) is 0 Å². The molecule has 0 aliphatic rings. The molecule has 0 radical (unpaired) electrons. The highest BCUT2D eigenvalue weighted by atomic mass is 32.2. The fraction of sp³-hybridized carbons (Fsp3) is 0.250. The maximum atomic E-state index is 10.8. The average molecular weight is 252 g/mol. The van der Waals surface area contributed by atoms with E-state index in [-0.39, 0.29) is 5.56 Å². The van der Waals surface area contributed by atoms with Crippen LogP contribution < -0.4 is 0 Å². The van der Waals surface area contributed by atoms with Crippen LogP contribution in [0.25, 0.3) is 0 Å². The lowest BCUT2D eigenvalue weighted by Gasteiger charge is -2.01. The first-order chi connectivity index (χ1) is 8.08. The fourth-order valence-corrected chi connectivity index (χ4v) is 1.79. The Morgan fingerprint density at radius 3 is 2.82 bits per heavy atom. The number of nitrogens with zero attached hydrogens (tertiary/aromatic N) is 6. The van der Waals surface area contributed by atoms with E-state index < -0.39 is 5.97 Å². The van der Waals surface area contributed by atoms with Gasteiger partial charge in [-0.2, -0.15) is 0 Å². The number of aromatic nitrogens is 6. The van der Waals surface area contributed by atoms with E-state index in [2.05, 4.69) is 25.5 Å². The van der Waals surface area contributed by atoms with Crippen molar-refractivity contribution in [2.24, 2.45) is 7.05 Å². The van der Waals surface area contributed by atoms with E-state index in [0.717, 1.165) is 0 Å². The van der Waals surface area contributed by atoms with E-state index in [0.29, 0.717) is 16.0 Å². The summed E-state index contributed by atoms with van der Waals surface area (Å²) in [4.78, 5) is 18.8. The Bertz CT molecular complexity index is 569. The molecule has 17 heavy (non-hydrogen) atoms. The Balaban J connectivity index is 2.27. The second kappa shape index (κ2) is 4.45. The molecule has 2 aromatic heterocycles. The molecular weight excluding hydrogens is 244 g/mol. The van der Waals surface area contributed by atoms with Gasteiger partial charge in [0.25, 0.3) is 0 Å². The van der Waals surface area contributed by atoms with Crippen molar-refractivity contribution in [1.29, 1.82) is 0 Å². The molecule has 0 spiro atoms. The smallest absolute Gasteiger partial charge is 0.339 e. The van der Waals surface area contributed by atoms with Crippen LogP contribution in [0.2, 0.25) is 0 Å². The van der Waals surface area contributed by atoms with Crippen LogP contribution in [0, 0.1) is 6.92 Å². The summed E-state index contributed by atoms with van der Waals surface area (Å²) in [6.45, 7) is 1.62. The van der Waals surface area contributed by atoms with E-state index >= 15 is 0 Å². The lowest BCUT2D eigenvalue weighted by molar-refractivity contribution is 0.0695. The van der Waals surface area contributed by atoms with E-state index in [9.17, 15) is 4.79 Å². The lowest BCUT2D eigenvalue weighted by atomic mass is 10.2. The summed E-state index contributed by atoms with van der Waals surface area (Å²) < 4.78 is 1.48. The van der Waals surface area contributed by atoms with Crippen molar-refractivity contribution in [3.8, 4) is 0 Å². The van der Waals surface area contributed by atoms with Crippen LogP contribution in [0.1, 0.15) is 16.1 Å². The number of tetrazole rings is 1. The minimum atomic E-state index is -1.04. The number of hydrogen-bond donors (Lipinski definition) is 1. The van der Waals surface area contributed by atoms with Gasteiger partial charge in [0.1, 0.15) is 0 Å². The molecule has 1 N–H and O–H groups in total. The summed E-state index contributed by atoms with van der Waals surface area (Å²) in [6, 6.07) is 0. The van der Waals surface area contributed by atoms with Gasteiger partial charge in [-0.15, -0.1) is 5.10 Å². The first-order valence-corrected chi connectivity index (χ1v) is 5.36. The molecule has 0 aliphatic heterocycles. The van der Waals surface area contributed by atoms with Crippen LogP contribution in [-0.4, -0.2) is 41.3 Å². The van der Waals surface area contributed by atoms with Gasteiger partial charge in [0.05, 0.1) is 11.3 Å². The molecule has 0 saturated carbocycles. The van der Waals surface area contributed by atoms with Gasteiger partial charge in [0.15, 0.2) is 5.16 Å². The standard InChI is InChI=1S/C8H8N6O2S/c1-4-5(6(15)16)3-9-7(10-4)17-8-11-12-13-14(8)2/h3H,1-2H3,(H,15,16). The summed E-state index contributed by atoms with van der Waals surface area (Å²) >= 11 is 1.17. The fourth-order valence-electron chi connectivity index (χ4n) is 1.09. The number of rotatable bonds is 3. The van der Waals surface area contributed by atoms with E-state index in [1.807, 2.05) is 0 Å². The van der Waals surface area contributed by atoms with Crippen molar-refractivity contribution in [2.45, 2.75) is 17.2 Å². The molecule has 0 aliphatic carbocycles. The third-order valence-electron chi connectivity index (χ3n) is 1.95. The minimum absolute atomic E-state index is 0.0884. The number of aromatic carboxylic acids is 1. The van der Waals surface area contributed by atoms with Gasteiger partial charge >= 0.3 is 5.97 Å². The Morgan fingerprint density at radius 2 is 2.29 bits per heavy atom. The molecule has 0 atom stereocenters. The molecule has 0 saturated heterocycles. The third-order valence-corrected chi connectivity index (χ3v) is 2.86. The van der Waals surface area contributed by atoms with E-state index in [4.69, 9.17) is 5.11 Å². The summed E-state index contributed by atoms with van der Waals surface area (Å²) in [5.74, 6) is -1.04. The monoisotopic (exact) mass is 252 g/mol. The molecule has 88 valence electrons. The zero-order chi connectivity index (χ0) is 12.4. The van der Waals surface area contributed by atoms with Crippen LogP contribution in [0.15, 0.2) is 16.5 Å². The maximum Gasteiger partial charge on any atom is 0.339 e. The number of aryl methyl sites for hydroxylation is 2. The van der Waals surface area contributed by atoms with Crippen LogP contribution in [0.4, 0.5) is 0 Å². The molecule has 0 unspecified atom stereocenters. The molecular formula is C8H8N6O2S. The van der Waals surface area contributed by atoms with Crippen LogP contribution >= 0.6 is 11.8 Å². The van der Waals surface area contributed by atoms with E-state index in [1.54, 1.807) is 14.0 Å². The second-order valence-electron chi connectivity index (χ2n) is 3.14. The number of carbonyl (C=O) groups is 1. The molecule has 9 heteroatoms. The van der Waals surface area contributed by atoms with Gasteiger partial charge in [-0.25, -0.2) is 19.4 Å². The van der Waals surface area contributed by atoms with Crippen molar-refractivity contribution < 1.29 is 9.90 Å². The number of hydrogen-bond acceptors (Lipinski definition) is 7. The second-order valence-corrected chi connectivity index (χ2v) is 4.08. The predicted octanol–water partition coefficient (Wildman–Crippen LogP) is 0.158. The summed E-state index contributed by atoms with van der Waals surface area (Å²) in [5.41, 5.74) is 0.496. The van der Waals surface area contributed by atoms with Gasteiger partial charge < -0.3 is 5.11 Å². The van der Waals surface area contributed by atoms with Crippen molar-refractivity contribution >= 4 is 17.7 Å². The van der Waals surface area contributed by atoms with Gasteiger partial charge in [0, 0.05) is 13.2 Å². The highest BCUT2D eigenvalue weighted by Crippen LogP contribution is 2.21. The molecule has 0 bridgehead atoms. The van der Waals surface area contributed by atoms with Gasteiger partial charge in [0.2, 0.25) is 5.16 Å². The first kappa shape index (κ1) is 11.5. The molecule has 2 heterocycles. The molecule has 8 nitrogen and oxygen atoms in total. The number of carboxylic acids is 1. The predicted molar refractivity (Wildman–Crippen MR) is 56.6 cm³/mol. The maximum absolute atomic E-state index is 10.8. The van der Waals surface area contributed by atoms with Crippen molar-refractivity contribution in [1.82, 2.24) is 30.2 Å². The Labute approximate surface area is 100 Å².